The highest BCUT2D eigenvalue weighted by Crippen LogP contribution is 2.44. The van der Waals surface area contributed by atoms with Gasteiger partial charge < -0.3 is 15.5 Å². The number of nitrogens with one attached hydrogen (secondary N) is 2. The predicted molar refractivity (Wildman–Crippen MR) is 124 cm³/mol. The SMILES string of the molecule is CN(Cc1ccc(NC2Cc3ccccc3C2(C)C)cn1)C(=O)C1CC2(CCC(=O)N2)C1. The number of amides is 2. The number of carbonyl (C=O) groups is 2. The number of hydrogen-bond acceptors (Lipinski definition) is 4. The van der Waals surface area contributed by atoms with Gasteiger partial charge in [0.25, 0.3) is 0 Å². The Morgan fingerprint density at radius 2 is 2.00 bits per heavy atom. The maximum Gasteiger partial charge on any atom is 0.225 e. The quantitative estimate of drug-likeness (QED) is 0.759. The molecule has 3 aliphatic rings. The first-order valence-corrected chi connectivity index (χ1v) is 11.6. The Morgan fingerprint density at radius 3 is 2.66 bits per heavy atom. The van der Waals surface area contributed by atoms with Crippen LogP contribution >= 0.6 is 0 Å². The summed E-state index contributed by atoms with van der Waals surface area (Å²) in [5.74, 6) is 0.267. The van der Waals surface area contributed by atoms with Gasteiger partial charge in [-0.1, -0.05) is 38.1 Å². The van der Waals surface area contributed by atoms with Crippen molar-refractivity contribution in [3.05, 3.63) is 59.4 Å². The van der Waals surface area contributed by atoms with Gasteiger partial charge in [0, 0.05) is 36.4 Å². The Balaban J connectivity index is 1.16. The van der Waals surface area contributed by atoms with Crippen molar-refractivity contribution in [2.75, 3.05) is 12.4 Å². The molecular formula is C26H32N4O2. The van der Waals surface area contributed by atoms with E-state index < -0.39 is 0 Å². The molecule has 1 saturated heterocycles. The molecule has 168 valence electrons. The van der Waals surface area contributed by atoms with E-state index in [4.69, 9.17) is 0 Å². The van der Waals surface area contributed by atoms with Gasteiger partial charge in [-0.15, -0.1) is 0 Å². The molecule has 2 aliphatic carbocycles. The minimum atomic E-state index is -0.114. The summed E-state index contributed by atoms with van der Waals surface area (Å²) >= 11 is 0. The van der Waals surface area contributed by atoms with Crippen LogP contribution in [0.2, 0.25) is 0 Å². The number of anilines is 1. The molecule has 2 amide bonds. The number of aromatic nitrogens is 1. The summed E-state index contributed by atoms with van der Waals surface area (Å²) in [4.78, 5) is 30.7. The average Bonchev–Trinajstić information content (AvgIpc) is 3.26. The van der Waals surface area contributed by atoms with Crippen molar-refractivity contribution < 1.29 is 9.59 Å². The summed E-state index contributed by atoms with van der Waals surface area (Å²) in [6, 6.07) is 13.1. The molecule has 1 saturated carbocycles. The number of nitrogens with zero attached hydrogens (tertiary/aromatic N) is 2. The van der Waals surface area contributed by atoms with Gasteiger partial charge in [0.2, 0.25) is 11.8 Å². The standard InChI is InChI=1S/C26H32N4O2/c1-25(2)21-7-5-4-6-17(21)12-22(25)28-19-8-9-20(27-15-19)16-30(3)24(32)18-13-26(14-18)11-10-23(31)29-26/h4-9,15,18,22,28H,10-14,16H2,1-3H3,(H,29,31). The lowest BCUT2D eigenvalue weighted by molar-refractivity contribution is -0.141. The van der Waals surface area contributed by atoms with Gasteiger partial charge in [-0.3, -0.25) is 14.6 Å². The average molecular weight is 433 g/mol. The second-order valence-electron chi connectivity index (χ2n) is 10.4. The van der Waals surface area contributed by atoms with E-state index >= 15 is 0 Å². The predicted octanol–water partition coefficient (Wildman–Crippen LogP) is 3.41. The van der Waals surface area contributed by atoms with Crippen molar-refractivity contribution in [1.82, 2.24) is 15.2 Å². The molecule has 2 fully saturated rings. The van der Waals surface area contributed by atoms with E-state index in [0.717, 1.165) is 37.1 Å². The van der Waals surface area contributed by atoms with Gasteiger partial charge in [-0.2, -0.15) is 0 Å². The van der Waals surface area contributed by atoms with Crippen LogP contribution in [0.4, 0.5) is 5.69 Å². The lowest BCUT2D eigenvalue weighted by Gasteiger charge is -2.45. The molecule has 1 unspecified atom stereocenters. The van der Waals surface area contributed by atoms with Crippen molar-refractivity contribution in [3.8, 4) is 0 Å². The number of fused-ring (bicyclic) bond motifs is 1. The van der Waals surface area contributed by atoms with Crippen LogP contribution in [-0.2, 0) is 28.0 Å². The molecule has 1 spiro atoms. The van der Waals surface area contributed by atoms with E-state index in [9.17, 15) is 9.59 Å². The monoisotopic (exact) mass is 432 g/mol. The first-order chi connectivity index (χ1) is 15.3. The lowest BCUT2D eigenvalue weighted by Crippen LogP contribution is -2.56. The van der Waals surface area contributed by atoms with Crippen molar-refractivity contribution in [2.45, 2.75) is 69.5 Å². The molecule has 6 nitrogen and oxygen atoms in total. The maximum absolute atomic E-state index is 12.8. The first kappa shape index (κ1) is 21.0. The molecule has 5 rings (SSSR count). The summed E-state index contributed by atoms with van der Waals surface area (Å²) < 4.78 is 0. The molecule has 0 radical (unpaired) electrons. The molecule has 6 heteroatoms. The van der Waals surface area contributed by atoms with Gasteiger partial charge >= 0.3 is 0 Å². The Bertz CT molecular complexity index is 1040. The van der Waals surface area contributed by atoms with Crippen molar-refractivity contribution in [2.24, 2.45) is 5.92 Å². The van der Waals surface area contributed by atoms with E-state index in [1.807, 2.05) is 19.3 Å². The smallest absolute Gasteiger partial charge is 0.225 e. The van der Waals surface area contributed by atoms with E-state index in [1.54, 1.807) is 4.90 Å². The summed E-state index contributed by atoms with van der Waals surface area (Å²) in [5.41, 5.74) is 4.65. The van der Waals surface area contributed by atoms with Crippen LogP contribution in [0.5, 0.6) is 0 Å². The molecule has 0 bridgehead atoms. The molecule has 2 N–H and O–H groups in total. The van der Waals surface area contributed by atoms with E-state index in [-0.39, 0.29) is 28.7 Å². The second kappa shape index (κ2) is 7.61. The zero-order valence-electron chi connectivity index (χ0n) is 19.1. The van der Waals surface area contributed by atoms with Crippen molar-refractivity contribution in [3.63, 3.8) is 0 Å². The minimum absolute atomic E-state index is 0.00516. The summed E-state index contributed by atoms with van der Waals surface area (Å²) in [5, 5.41) is 6.73. The molecule has 32 heavy (non-hydrogen) atoms. The molecule has 1 aromatic carbocycles. The highest BCUT2D eigenvalue weighted by atomic mass is 16.2. The molecular weight excluding hydrogens is 400 g/mol. The maximum atomic E-state index is 12.8. The fourth-order valence-corrected chi connectivity index (χ4v) is 5.80. The van der Waals surface area contributed by atoms with Crippen LogP contribution < -0.4 is 10.6 Å². The zero-order chi connectivity index (χ0) is 22.5. The van der Waals surface area contributed by atoms with Gasteiger partial charge in [0.15, 0.2) is 0 Å². The Labute approximate surface area is 189 Å². The van der Waals surface area contributed by atoms with Crippen LogP contribution in [0.3, 0.4) is 0 Å². The third-order valence-corrected chi connectivity index (χ3v) is 7.81. The fourth-order valence-electron chi connectivity index (χ4n) is 5.80. The lowest BCUT2D eigenvalue weighted by atomic mass is 9.67. The highest BCUT2D eigenvalue weighted by Gasteiger charge is 2.51. The molecule has 2 heterocycles. The minimum Gasteiger partial charge on any atom is -0.380 e. The fraction of sp³-hybridized carbons (Fsp3) is 0.500. The Kier molecular flexibility index (Phi) is 4.99. The number of benzene rings is 1. The third kappa shape index (κ3) is 3.65. The third-order valence-electron chi connectivity index (χ3n) is 7.81. The van der Waals surface area contributed by atoms with Crippen LogP contribution in [-0.4, -0.2) is 40.3 Å². The van der Waals surface area contributed by atoms with Crippen LogP contribution in [0.1, 0.15) is 56.4 Å². The molecule has 1 atom stereocenters. The van der Waals surface area contributed by atoms with E-state index in [2.05, 4.69) is 59.8 Å². The second-order valence-corrected chi connectivity index (χ2v) is 10.4. The molecule has 2 aromatic rings. The number of hydrogen-bond donors (Lipinski definition) is 2. The normalized spacial score (nSPS) is 27.5. The van der Waals surface area contributed by atoms with Crippen molar-refractivity contribution >= 4 is 17.5 Å². The largest absolute Gasteiger partial charge is 0.380 e. The Morgan fingerprint density at radius 1 is 1.22 bits per heavy atom. The highest BCUT2D eigenvalue weighted by molar-refractivity contribution is 5.83. The first-order valence-electron chi connectivity index (χ1n) is 11.6. The van der Waals surface area contributed by atoms with Crippen molar-refractivity contribution in [1.29, 1.82) is 0 Å². The van der Waals surface area contributed by atoms with Gasteiger partial charge in [-0.25, -0.2) is 0 Å². The van der Waals surface area contributed by atoms with Gasteiger partial charge in [0.05, 0.1) is 24.1 Å². The van der Waals surface area contributed by atoms with Gasteiger partial charge in [-0.05, 0) is 48.9 Å². The number of rotatable bonds is 5. The number of carbonyl (C=O) groups excluding carboxylic acids is 2. The van der Waals surface area contributed by atoms with E-state index in [0.29, 0.717) is 19.0 Å². The topological polar surface area (TPSA) is 74.3 Å². The molecule has 1 aromatic heterocycles. The summed E-state index contributed by atoms with van der Waals surface area (Å²) in [7, 11) is 1.84. The zero-order valence-corrected chi connectivity index (χ0v) is 19.1. The van der Waals surface area contributed by atoms with Gasteiger partial charge in [0.1, 0.15) is 0 Å². The van der Waals surface area contributed by atoms with Crippen LogP contribution in [0, 0.1) is 5.92 Å². The Hall–Kier alpha value is -2.89. The molecule has 1 aliphatic heterocycles. The summed E-state index contributed by atoms with van der Waals surface area (Å²) in [6.07, 6.45) is 5.85. The van der Waals surface area contributed by atoms with Crippen LogP contribution in [0.15, 0.2) is 42.6 Å². The summed E-state index contributed by atoms with van der Waals surface area (Å²) in [6.45, 7) is 5.08. The number of pyridine rings is 1. The van der Waals surface area contributed by atoms with Crippen LogP contribution in [0.25, 0.3) is 0 Å². The van der Waals surface area contributed by atoms with E-state index in [1.165, 1.54) is 11.1 Å².